The standard InChI is InChI=1S/C11H13NO2/c1-7-5-9(11(13)12-2)6-8-3-4-14-10(7)8/h5-6H,3-4H2,1-2H3,(H,12,13). The maximum absolute atomic E-state index is 11.4. The second kappa shape index (κ2) is 3.33. The summed E-state index contributed by atoms with van der Waals surface area (Å²) < 4.78 is 5.47. The summed E-state index contributed by atoms with van der Waals surface area (Å²) in [6, 6.07) is 3.77. The number of rotatable bonds is 1. The van der Waals surface area contributed by atoms with Crippen molar-refractivity contribution < 1.29 is 9.53 Å². The number of hydrogen-bond donors (Lipinski definition) is 1. The monoisotopic (exact) mass is 191 g/mol. The fourth-order valence-corrected chi connectivity index (χ4v) is 1.78. The summed E-state index contributed by atoms with van der Waals surface area (Å²) in [7, 11) is 1.64. The molecule has 0 bridgehead atoms. The smallest absolute Gasteiger partial charge is 0.251 e. The average Bonchev–Trinajstić information content (AvgIpc) is 2.64. The van der Waals surface area contributed by atoms with Gasteiger partial charge in [-0.25, -0.2) is 0 Å². The molecule has 1 amide bonds. The maximum atomic E-state index is 11.4. The summed E-state index contributed by atoms with van der Waals surface area (Å²) in [5.41, 5.74) is 2.90. The molecule has 3 heteroatoms. The van der Waals surface area contributed by atoms with E-state index in [9.17, 15) is 4.79 Å². The Hall–Kier alpha value is -1.51. The van der Waals surface area contributed by atoms with Crippen LogP contribution in [0.15, 0.2) is 12.1 Å². The van der Waals surface area contributed by atoms with Gasteiger partial charge in [0.2, 0.25) is 0 Å². The lowest BCUT2D eigenvalue weighted by atomic mass is 10.0. The molecule has 0 saturated heterocycles. The van der Waals surface area contributed by atoms with Gasteiger partial charge in [0.15, 0.2) is 0 Å². The third-order valence-corrected chi connectivity index (χ3v) is 2.46. The molecule has 74 valence electrons. The number of amides is 1. The van der Waals surface area contributed by atoms with Gasteiger partial charge in [-0.3, -0.25) is 4.79 Å². The van der Waals surface area contributed by atoms with Crippen molar-refractivity contribution >= 4 is 5.91 Å². The Labute approximate surface area is 83.1 Å². The molecule has 0 aromatic heterocycles. The van der Waals surface area contributed by atoms with E-state index in [0.29, 0.717) is 5.56 Å². The molecule has 1 aromatic carbocycles. The lowest BCUT2D eigenvalue weighted by molar-refractivity contribution is 0.0963. The summed E-state index contributed by atoms with van der Waals surface area (Å²) in [5.74, 6) is 0.917. The highest BCUT2D eigenvalue weighted by Crippen LogP contribution is 2.30. The third-order valence-electron chi connectivity index (χ3n) is 2.46. The molecule has 0 spiro atoms. The molecule has 0 radical (unpaired) electrons. The van der Waals surface area contributed by atoms with Gasteiger partial charge in [-0.05, 0) is 30.2 Å². The van der Waals surface area contributed by atoms with Crippen molar-refractivity contribution in [3.63, 3.8) is 0 Å². The van der Waals surface area contributed by atoms with Gasteiger partial charge < -0.3 is 10.1 Å². The first-order chi connectivity index (χ1) is 6.72. The number of aryl methyl sites for hydroxylation is 1. The van der Waals surface area contributed by atoms with Crippen LogP contribution in [0.1, 0.15) is 21.5 Å². The summed E-state index contributed by atoms with van der Waals surface area (Å²) in [6.45, 7) is 2.70. The van der Waals surface area contributed by atoms with Gasteiger partial charge in [0.05, 0.1) is 6.61 Å². The van der Waals surface area contributed by atoms with Crippen molar-refractivity contribution in [3.05, 3.63) is 28.8 Å². The minimum absolute atomic E-state index is 0.0391. The number of nitrogens with one attached hydrogen (secondary N) is 1. The SMILES string of the molecule is CNC(=O)c1cc(C)c2c(c1)CCO2. The Morgan fingerprint density at radius 1 is 1.50 bits per heavy atom. The van der Waals surface area contributed by atoms with Crippen LogP contribution in [0.4, 0.5) is 0 Å². The lowest BCUT2D eigenvalue weighted by Crippen LogP contribution is -2.18. The predicted octanol–water partition coefficient (Wildman–Crippen LogP) is 1.29. The number of fused-ring (bicyclic) bond motifs is 1. The second-order valence-corrected chi connectivity index (χ2v) is 3.46. The van der Waals surface area contributed by atoms with Gasteiger partial charge in [0.1, 0.15) is 5.75 Å². The van der Waals surface area contributed by atoms with Crippen LogP contribution in [0.3, 0.4) is 0 Å². The zero-order valence-electron chi connectivity index (χ0n) is 8.39. The Balaban J connectivity index is 2.46. The molecule has 1 aromatic rings. The van der Waals surface area contributed by atoms with Crippen molar-refractivity contribution in [1.82, 2.24) is 5.32 Å². The molecule has 0 saturated carbocycles. The quantitative estimate of drug-likeness (QED) is 0.726. The van der Waals surface area contributed by atoms with Crippen molar-refractivity contribution in [2.45, 2.75) is 13.3 Å². The first-order valence-electron chi connectivity index (χ1n) is 4.71. The molecule has 14 heavy (non-hydrogen) atoms. The van der Waals surface area contributed by atoms with E-state index in [1.54, 1.807) is 7.05 Å². The molecule has 1 N–H and O–H groups in total. The van der Waals surface area contributed by atoms with E-state index in [1.165, 1.54) is 0 Å². The van der Waals surface area contributed by atoms with Crippen LogP contribution >= 0.6 is 0 Å². The Morgan fingerprint density at radius 3 is 3.00 bits per heavy atom. The molecule has 0 unspecified atom stereocenters. The van der Waals surface area contributed by atoms with Crippen LogP contribution in [0.5, 0.6) is 5.75 Å². The zero-order valence-corrected chi connectivity index (χ0v) is 8.39. The first-order valence-corrected chi connectivity index (χ1v) is 4.71. The van der Waals surface area contributed by atoms with E-state index in [-0.39, 0.29) is 5.91 Å². The van der Waals surface area contributed by atoms with Crippen LogP contribution in [-0.4, -0.2) is 19.6 Å². The van der Waals surface area contributed by atoms with E-state index >= 15 is 0 Å². The summed E-state index contributed by atoms with van der Waals surface area (Å²) >= 11 is 0. The van der Waals surface area contributed by atoms with E-state index in [2.05, 4.69) is 5.32 Å². The first kappa shape index (κ1) is 9.06. The molecule has 3 nitrogen and oxygen atoms in total. The van der Waals surface area contributed by atoms with E-state index in [4.69, 9.17) is 4.74 Å². The molecular weight excluding hydrogens is 178 g/mol. The molecular formula is C11H13NO2. The van der Waals surface area contributed by atoms with Gasteiger partial charge >= 0.3 is 0 Å². The van der Waals surface area contributed by atoms with E-state index in [0.717, 1.165) is 29.9 Å². The summed E-state index contributed by atoms with van der Waals surface area (Å²) in [4.78, 5) is 11.4. The molecule has 1 aliphatic heterocycles. The normalized spacial score (nSPS) is 13.3. The second-order valence-electron chi connectivity index (χ2n) is 3.46. The zero-order chi connectivity index (χ0) is 10.1. The maximum Gasteiger partial charge on any atom is 0.251 e. The van der Waals surface area contributed by atoms with Crippen molar-refractivity contribution in [2.24, 2.45) is 0 Å². The van der Waals surface area contributed by atoms with Gasteiger partial charge in [-0.15, -0.1) is 0 Å². The van der Waals surface area contributed by atoms with Crippen LogP contribution < -0.4 is 10.1 Å². The number of hydrogen-bond acceptors (Lipinski definition) is 2. The van der Waals surface area contributed by atoms with E-state index < -0.39 is 0 Å². The van der Waals surface area contributed by atoms with Gasteiger partial charge in [-0.1, -0.05) is 0 Å². The largest absolute Gasteiger partial charge is 0.493 e. The highest BCUT2D eigenvalue weighted by Gasteiger charge is 2.17. The Bertz CT molecular complexity index is 385. The molecule has 0 atom stereocenters. The molecule has 1 heterocycles. The topological polar surface area (TPSA) is 38.3 Å². The van der Waals surface area contributed by atoms with Gasteiger partial charge in [0.25, 0.3) is 5.91 Å². The van der Waals surface area contributed by atoms with Crippen molar-refractivity contribution in [3.8, 4) is 5.75 Å². The summed E-state index contributed by atoms with van der Waals surface area (Å²) in [6.07, 6.45) is 0.904. The summed E-state index contributed by atoms with van der Waals surface area (Å²) in [5, 5.41) is 2.62. The van der Waals surface area contributed by atoms with Crippen LogP contribution in [-0.2, 0) is 6.42 Å². The fourth-order valence-electron chi connectivity index (χ4n) is 1.78. The third kappa shape index (κ3) is 1.35. The van der Waals surface area contributed by atoms with Crippen molar-refractivity contribution in [2.75, 3.05) is 13.7 Å². The number of carbonyl (C=O) groups excluding carboxylic acids is 1. The highest BCUT2D eigenvalue weighted by molar-refractivity contribution is 5.94. The van der Waals surface area contributed by atoms with Gasteiger partial charge in [0, 0.05) is 19.0 Å². The van der Waals surface area contributed by atoms with Crippen LogP contribution in [0.2, 0.25) is 0 Å². The Kier molecular flexibility index (Phi) is 2.15. The molecule has 0 aliphatic carbocycles. The highest BCUT2D eigenvalue weighted by atomic mass is 16.5. The minimum atomic E-state index is -0.0391. The number of carbonyl (C=O) groups is 1. The fraction of sp³-hybridized carbons (Fsp3) is 0.364. The number of ether oxygens (including phenoxy) is 1. The van der Waals surface area contributed by atoms with Crippen LogP contribution in [0, 0.1) is 6.92 Å². The average molecular weight is 191 g/mol. The predicted molar refractivity (Wildman–Crippen MR) is 53.8 cm³/mol. The molecule has 1 aliphatic rings. The van der Waals surface area contributed by atoms with Crippen molar-refractivity contribution in [1.29, 1.82) is 0 Å². The van der Waals surface area contributed by atoms with E-state index in [1.807, 2.05) is 19.1 Å². The minimum Gasteiger partial charge on any atom is -0.493 e. The number of benzene rings is 1. The Morgan fingerprint density at radius 2 is 2.29 bits per heavy atom. The van der Waals surface area contributed by atoms with Gasteiger partial charge in [-0.2, -0.15) is 0 Å². The lowest BCUT2D eigenvalue weighted by Gasteiger charge is -2.06. The molecule has 2 rings (SSSR count). The van der Waals surface area contributed by atoms with Crippen LogP contribution in [0.25, 0.3) is 0 Å². The molecule has 0 fully saturated rings.